The van der Waals surface area contributed by atoms with Gasteiger partial charge in [0.15, 0.2) is 0 Å². The third-order valence-corrected chi connectivity index (χ3v) is 3.72. The Morgan fingerprint density at radius 1 is 1.15 bits per heavy atom. The van der Waals surface area contributed by atoms with E-state index in [1.165, 1.54) is 12.8 Å². The largest absolute Gasteiger partial charge is 0.353 e. The minimum Gasteiger partial charge on any atom is -0.353 e. The van der Waals surface area contributed by atoms with Crippen LogP contribution in [-0.4, -0.2) is 17.9 Å². The van der Waals surface area contributed by atoms with Gasteiger partial charge in [0.1, 0.15) is 6.42 Å². The van der Waals surface area contributed by atoms with Gasteiger partial charge in [-0.3, -0.25) is 9.59 Å². The van der Waals surface area contributed by atoms with E-state index >= 15 is 0 Å². The first-order valence-corrected chi connectivity index (χ1v) is 7.29. The molecule has 0 aliphatic heterocycles. The van der Waals surface area contributed by atoms with E-state index in [1.54, 1.807) is 0 Å². The fraction of sp³-hybridized carbons (Fsp3) is 0.500. The summed E-state index contributed by atoms with van der Waals surface area (Å²) in [6.45, 7) is 1.92. The summed E-state index contributed by atoms with van der Waals surface area (Å²) < 4.78 is 0. The number of benzene rings is 1. The molecule has 1 aliphatic rings. The number of hydrogen-bond acceptors (Lipinski definition) is 2. The molecule has 0 radical (unpaired) electrons. The van der Waals surface area contributed by atoms with Crippen LogP contribution in [0.2, 0.25) is 0 Å². The van der Waals surface area contributed by atoms with Gasteiger partial charge in [-0.1, -0.05) is 43.2 Å². The Morgan fingerprint density at radius 2 is 1.80 bits per heavy atom. The highest BCUT2D eigenvalue weighted by Crippen LogP contribution is 2.17. The molecule has 20 heavy (non-hydrogen) atoms. The summed E-state index contributed by atoms with van der Waals surface area (Å²) in [5.41, 5.74) is 1.04. The smallest absolute Gasteiger partial charge is 0.229 e. The Bertz CT molecular complexity index is 453. The summed E-state index contributed by atoms with van der Waals surface area (Å²) in [6, 6.07) is 9.92. The second-order valence-corrected chi connectivity index (χ2v) is 5.43. The van der Waals surface area contributed by atoms with Crippen LogP contribution >= 0.6 is 0 Å². The lowest BCUT2D eigenvalue weighted by Crippen LogP contribution is -2.37. The van der Waals surface area contributed by atoms with E-state index in [0.717, 1.165) is 18.4 Å². The quantitative estimate of drug-likeness (QED) is 0.810. The van der Waals surface area contributed by atoms with Gasteiger partial charge in [0.05, 0.1) is 6.04 Å². The maximum atomic E-state index is 11.8. The summed E-state index contributed by atoms with van der Waals surface area (Å²) in [4.78, 5) is 23.6. The zero-order chi connectivity index (χ0) is 14.4. The third-order valence-electron chi connectivity index (χ3n) is 3.72. The first-order valence-electron chi connectivity index (χ1n) is 7.29. The molecule has 0 bridgehead atoms. The van der Waals surface area contributed by atoms with E-state index in [0.29, 0.717) is 0 Å². The predicted molar refractivity (Wildman–Crippen MR) is 78.0 cm³/mol. The third kappa shape index (κ3) is 4.37. The van der Waals surface area contributed by atoms with Crippen molar-refractivity contribution in [2.45, 2.75) is 51.1 Å². The van der Waals surface area contributed by atoms with E-state index in [1.807, 2.05) is 37.3 Å². The first kappa shape index (κ1) is 14.6. The average molecular weight is 274 g/mol. The Labute approximate surface area is 119 Å². The molecule has 0 heterocycles. The van der Waals surface area contributed by atoms with Crippen LogP contribution in [0.1, 0.15) is 50.6 Å². The number of rotatable bonds is 5. The molecule has 0 aromatic heterocycles. The molecule has 1 aromatic carbocycles. The lowest BCUT2D eigenvalue weighted by molar-refractivity contribution is -0.129. The average Bonchev–Trinajstić information content (AvgIpc) is 2.92. The van der Waals surface area contributed by atoms with Gasteiger partial charge in [-0.05, 0) is 25.3 Å². The number of hydrogen-bond donors (Lipinski definition) is 2. The van der Waals surface area contributed by atoms with Crippen LogP contribution in [-0.2, 0) is 9.59 Å². The van der Waals surface area contributed by atoms with Gasteiger partial charge in [0.25, 0.3) is 0 Å². The van der Waals surface area contributed by atoms with Crippen LogP contribution in [0.4, 0.5) is 0 Å². The van der Waals surface area contributed by atoms with Gasteiger partial charge in [-0.25, -0.2) is 0 Å². The molecule has 1 aromatic rings. The van der Waals surface area contributed by atoms with E-state index in [-0.39, 0.29) is 30.3 Å². The minimum atomic E-state index is -0.225. The Morgan fingerprint density at radius 3 is 2.45 bits per heavy atom. The molecule has 0 spiro atoms. The van der Waals surface area contributed by atoms with Crippen molar-refractivity contribution in [2.24, 2.45) is 0 Å². The molecule has 1 atom stereocenters. The number of nitrogens with one attached hydrogen (secondary N) is 2. The molecule has 1 saturated carbocycles. The Kier molecular flexibility index (Phi) is 5.16. The summed E-state index contributed by atoms with van der Waals surface area (Å²) in [7, 11) is 0. The van der Waals surface area contributed by atoms with E-state index in [9.17, 15) is 9.59 Å². The van der Waals surface area contributed by atoms with Gasteiger partial charge < -0.3 is 10.6 Å². The van der Waals surface area contributed by atoms with Crippen molar-refractivity contribution in [2.75, 3.05) is 0 Å². The summed E-state index contributed by atoms with van der Waals surface area (Å²) in [5.74, 6) is -0.397. The van der Waals surface area contributed by atoms with Crippen molar-refractivity contribution in [1.29, 1.82) is 0 Å². The molecule has 1 fully saturated rings. The van der Waals surface area contributed by atoms with E-state index in [4.69, 9.17) is 0 Å². The van der Waals surface area contributed by atoms with E-state index in [2.05, 4.69) is 10.6 Å². The SMILES string of the molecule is CC(NC(=O)CC(=O)NC1CCCC1)c1ccccc1. The minimum absolute atomic E-state index is 0.0806. The number of carbonyl (C=O) groups excluding carboxylic acids is 2. The molecule has 2 rings (SSSR count). The highest BCUT2D eigenvalue weighted by atomic mass is 16.2. The fourth-order valence-corrected chi connectivity index (χ4v) is 2.61. The zero-order valence-electron chi connectivity index (χ0n) is 11.9. The van der Waals surface area contributed by atoms with Gasteiger partial charge >= 0.3 is 0 Å². The molecule has 4 nitrogen and oxygen atoms in total. The second-order valence-electron chi connectivity index (χ2n) is 5.43. The van der Waals surface area contributed by atoms with Gasteiger partial charge in [-0.2, -0.15) is 0 Å². The molecular formula is C16H22N2O2. The summed E-state index contributed by atoms with van der Waals surface area (Å²) in [6.07, 6.45) is 4.32. The summed E-state index contributed by atoms with van der Waals surface area (Å²) in [5, 5.41) is 5.78. The molecule has 2 N–H and O–H groups in total. The molecule has 1 aliphatic carbocycles. The second kappa shape index (κ2) is 7.08. The monoisotopic (exact) mass is 274 g/mol. The maximum absolute atomic E-state index is 11.8. The van der Waals surface area contributed by atoms with Crippen LogP contribution < -0.4 is 10.6 Å². The standard InChI is InChI=1S/C16H22N2O2/c1-12(13-7-3-2-4-8-13)17-15(19)11-16(20)18-14-9-5-6-10-14/h2-4,7-8,12,14H,5-6,9-11H2,1H3,(H,17,19)(H,18,20). The molecular weight excluding hydrogens is 252 g/mol. The highest BCUT2D eigenvalue weighted by molar-refractivity contribution is 5.97. The van der Waals surface area contributed by atoms with Crippen LogP contribution in [0.3, 0.4) is 0 Å². The van der Waals surface area contributed by atoms with Crippen molar-refractivity contribution in [1.82, 2.24) is 10.6 Å². The van der Waals surface area contributed by atoms with Crippen molar-refractivity contribution in [3.05, 3.63) is 35.9 Å². The topological polar surface area (TPSA) is 58.2 Å². The normalized spacial score (nSPS) is 16.6. The van der Waals surface area contributed by atoms with Gasteiger partial charge in [0, 0.05) is 6.04 Å². The molecule has 1 unspecified atom stereocenters. The van der Waals surface area contributed by atoms with Crippen molar-refractivity contribution < 1.29 is 9.59 Å². The van der Waals surface area contributed by atoms with Crippen molar-refractivity contribution in [3.8, 4) is 0 Å². The number of carbonyl (C=O) groups is 2. The molecule has 4 heteroatoms. The van der Waals surface area contributed by atoms with Crippen LogP contribution in [0.15, 0.2) is 30.3 Å². The Balaban J connectivity index is 1.75. The summed E-state index contributed by atoms with van der Waals surface area (Å²) >= 11 is 0. The predicted octanol–water partition coefficient (Wildman–Crippen LogP) is 2.31. The van der Waals surface area contributed by atoms with Gasteiger partial charge in [0.2, 0.25) is 11.8 Å². The molecule has 0 saturated heterocycles. The highest BCUT2D eigenvalue weighted by Gasteiger charge is 2.19. The molecule has 2 amide bonds. The van der Waals surface area contributed by atoms with Crippen LogP contribution in [0, 0.1) is 0 Å². The van der Waals surface area contributed by atoms with E-state index < -0.39 is 0 Å². The lowest BCUT2D eigenvalue weighted by Gasteiger charge is -2.15. The zero-order valence-corrected chi connectivity index (χ0v) is 11.9. The molecule has 108 valence electrons. The van der Waals surface area contributed by atoms with Gasteiger partial charge in [-0.15, -0.1) is 0 Å². The Hall–Kier alpha value is -1.84. The maximum Gasteiger partial charge on any atom is 0.229 e. The van der Waals surface area contributed by atoms with Crippen LogP contribution in [0.5, 0.6) is 0 Å². The first-order chi connectivity index (χ1) is 9.65. The fourth-order valence-electron chi connectivity index (χ4n) is 2.61. The van der Waals surface area contributed by atoms with Crippen molar-refractivity contribution >= 4 is 11.8 Å². The number of amides is 2. The lowest BCUT2D eigenvalue weighted by atomic mass is 10.1. The van der Waals surface area contributed by atoms with Crippen LogP contribution in [0.25, 0.3) is 0 Å². The van der Waals surface area contributed by atoms with Crippen molar-refractivity contribution in [3.63, 3.8) is 0 Å².